The maximum Gasteiger partial charge on any atom is 0.408 e. The molecule has 6 heteroatoms. The van der Waals surface area contributed by atoms with Gasteiger partial charge in [0, 0.05) is 0 Å². The molecule has 0 aliphatic heterocycles. The van der Waals surface area contributed by atoms with E-state index in [1.54, 1.807) is 20.8 Å². The van der Waals surface area contributed by atoms with Crippen LogP contribution in [-0.4, -0.2) is 35.4 Å². The summed E-state index contributed by atoms with van der Waals surface area (Å²) in [6, 6.07) is 27.5. The van der Waals surface area contributed by atoms with Crippen LogP contribution in [0.3, 0.4) is 0 Å². The van der Waals surface area contributed by atoms with Crippen molar-refractivity contribution in [1.29, 1.82) is 0 Å². The molecule has 0 fully saturated rings. The van der Waals surface area contributed by atoms with E-state index in [4.69, 9.17) is 9.47 Å². The molecule has 2 N–H and O–H groups in total. The van der Waals surface area contributed by atoms with Gasteiger partial charge >= 0.3 is 12.1 Å². The van der Waals surface area contributed by atoms with Crippen LogP contribution in [0.15, 0.2) is 91.0 Å². The highest BCUT2D eigenvalue weighted by molar-refractivity contribution is 5.80. The van der Waals surface area contributed by atoms with Gasteiger partial charge < -0.3 is 19.9 Å². The quantitative estimate of drug-likeness (QED) is 0.476. The number of carboxylic acid groups (broad SMARTS) is 1. The summed E-state index contributed by atoms with van der Waals surface area (Å²) < 4.78 is 11.7. The van der Waals surface area contributed by atoms with E-state index >= 15 is 0 Å². The van der Waals surface area contributed by atoms with Crippen molar-refractivity contribution < 1.29 is 24.2 Å². The zero-order chi connectivity index (χ0) is 23.9. The van der Waals surface area contributed by atoms with Gasteiger partial charge in [0.15, 0.2) is 6.04 Å². The Hall–Kier alpha value is -3.64. The van der Waals surface area contributed by atoms with Crippen LogP contribution in [0.4, 0.5) is 4.79 Å². The van der Waals surface area contributed by atoms with Crippen molar-refractivity contribution in [3.63, 3.8) is 0 Å². The summed E-state index contributed by atoms with van der Waals surface area (Å²) >= 11 is 0. The van der Waals surface area contributed by atoms with Gasteiger partial charge in [0.1, 0.15) is 11.2 Å². The molecule has 0 unspecified atom stereocenters. The van der Waals surface area contributed by atoms with Gasteiger partial charge in [0.05, 0.1) is 6.61 Å². The highest BCUT2D eigenvalue weighted by Gasteiger charge is 2.39. The lowest BCUT2D eigenvalue weighted by molar-refractivity contribution is -0.142. The van der Waals surface area contributed by atoms with E-state index in [2.05, 4.69) is 5.32 Å². The predicted molar refractivity (Wildman–Crippen MR) is 126 cm³/mol. The monoisotopic (exact) mass is 447 g/mol. The molecular weight excluding hydrogens is 418 g/mol. The van der Waals surface area contributed by atoms with E-state index in [1.165, 1.54) is 0 Å². The third-order valence-corrected chi connectivity index (χ3v) is 5.00. The molecule has 1 amide bonds. The van der Waals surface area contributed by atoms with Crippen molar-refractivity contribution in [2.75, 3.05) is 6.61 Å². The maximum atomic E-state index is 12.3. The van der Waals surface area contributed by atoms with Gasteiger partial charge in [-0.05, 0) is 37.5 Å². The topological polar surface area (TPSA) is 84.9 Å². The van der Waals surface area contributed by atoms with Crippen molar-refractivity contribution in [1.82, 2.24) is 5.32 Å². The minimum absolute atomic E-state index is 0.284. The average molecular weight is 448 g/mol. The van der Waals surface area contributed by atoms with E-state index in [0.717, 1.165) is 16.7 Å². The Balaban J connectivity index is 2.03. The van der Waals surface area contributed by atoms with Crippen LogP contribution in [0.2, 0.25) is 0 Å². The van der Waals surface area contributed by atoms with E-state index in [1.807, 2.05) is 91.0 Å². The third-order valence-electron chi connectivity index (χ3n) is 5.00. The molecule has 172 valence electrons. The first-order valence-electron chi connectivity index (χ1n) is 10.8. The zero-order valence-corrected chi connectivity index (χ0v) is 19.0. The summed E-state index contributed by atoms with van der Waals surface area (Å²) in [7, 11) is 0. The first-order chi connectivity index (χ1) is 15.7. The summed E-state index contributed by atoms with van der Waals surface area (Å²) in [6.07, 6.45) is -0.816. The molecule has 0 saturated heterocycles. The summed E-state index contributed by atoms with van der Waals surface area (Å²) in [5, 5.41) is 12.2. The summed E-state index contributed by atoms with van der Waals surface area (Å²) in [4.78, 5) is 24.2. The largest absolute Gasteiger partial charge is 0.480 e. The number of carboxylic acids is 1. The fourth-order valence-corrected chi connectivity index (χ4v) is 3.60. The Morgan fingerprint density at radius 2 is 1.18 bits per heavy atom. The fourth-order valence-electron chi connectivity index (χ4n) is 3.60. The minimum Gasteiger partial charge on any atom is -0.480 e. The molecule has 3 aromatic rings. The maximum absolute atomic E-state index is 12.3. The molecule has 1 atom stereocenters. The molecule has 0 saturated carbocycles. The standard InChI is InChI=1S/C27H29NO5/c1-26(2,3)33-25(31)28-23(24(29)30)19-32-27(20-13-7-4-8-14-20,21-15-9-5-10-16-21)22-17-11-6-12-18-22/h4-18,23H,19H2,1-3H3,(H,28,31)(H,29,30)/t23-/m0/s1. The molecule has 0 bridgehead atoms. The Kier molecular flexibility index (Phi) is 7.51. The van der Waals surface area contributed by atoms with Gasteiger partial charge in [-0.2, -0.15) is 0 Å². The van der Waals surface area contributed by atoms with Gasteiger partial charge in [-0.15, -0.1) is 0 Å². The molecule has 6 nitrogen and oxygen atoms in total. The molecule has 0 aromatic heterocycles. The van der Waals surface area contributed by atoms with Crippen molar-refractivity contribution >= 4 is 12.1 Å². The molecule has 0 aliphatic rings. The number of carbonyl (C=O) groups excluding carboxylic acids is 1. The minimum atomic E-state index is -1.31. The van der Waals surface area contributed by atoms with Crippen LogP contribution in [0.25, 0.3) is 0 Å². The lowest BCUT2D eigenvalue weighted by Crippen LogP contribution is -2.48. The van der Waals surface area contributed by atoms with Crippen molar-refractivity contribution in [3.8, 4) is 0 Å². The fraction of sp³-hybridized carbons (Fsp3) is 0.259. The summed E-state index contributed by atoms with van der Waals surface area (Å²) in [5.74, 6) is -1.22. The van der Waals surface area contributed by atoms with Crippen LogP contribution < -0.4 is 5.32 Å². The number of rotatable bonds is 8. The Labute approximate surface area is 194 Å². The van der Waals surface area contributed by atoms with Gasteiger partial charge in [-0.1, -0.05) is 91.0 Å². The molecular formula is C27H29NO5. The average Bonchev–Trinajstić information content (AvgIpc) is 2.79. The first kappa shape index (κ1) is 24.0. The van der Waals surface area contributed by atoms with Crippen LogP contribution in [-0.2, 0) is 19.9 Å². The molecule has 0 radical (unpaired) electrons. The normalized spacial score (nSPS) is 12.6. The lowest BCUT2D eigenvalue weighted by Gasteiger charge is -2.36. The van der Waals surface area contributed by atoms with Crippen molar-refractivity contribution in [2.45, 2.75) is 38.0 Å². The van der Waals surface area contributed by atoms with Crippen LogP contribution in [0.1, 0.15) is 37.5 Å². The number of hydrogen-bond acceptors (Lipinski definition) is 4. The number of nitrogens with one attached hydrogen (secondary N) is 1. The molecule has 33 heavy (non-hydrogen) atoms. The Morgan fingerprint density at radius 1 is 0.788 bits per heavy atom. The number of alkyl carbamates (subject to hydrolysis) is 1. The number of hydrogen-bond donors (Lipinski definition) is 2. The second-order valence-corrected chi connectivity index (χ2v) is 8.63. The van der Waals surface area contributed by atoms with Crippen molar-refractivity contribution in [2.24, 2.45) is 0 Å². The van der Waals surface area contributed by atoms with Crippen LogP contribution in [0.5, 0.6) is 0 Å². The number of amides is 1. The van der Waals surface area contributed by atoms with E-state index in [-0.39, 0.29) is 6.61 Å². The van der Waals surface area contributed by atoms with Gasteiger partial charge in [-0.25, -0.2) is 9.59 Å². The van der Waals surface area contributed by atoms with E-state index in [0.29, 0.717) is 0 Å². The van der Waals surface area contributed by atoms with E-state index in [9.17, 15) is 14.7 Å². The number of ether oxygens (including phenoxy) is 2. The zero-order valence-electron chi connectivity index (χ0n) is 19.0. The van der Waals surface area contributed by atoms with Crippen LogP contribution in [0, 0.1) is 0 Å². The molecule has 0 heterocycles. The number of benzene rings is 3. The van der Waals surface area contributed by atoms with Crippen LogP contribution >= 0.6 is 0 Å². The SMILES string of the molecule is CC(C)(C)OC(=O)N[C@@H](COC(c1ccccc1)(c1ccccc1)c1ccccc1)C(=O)O. The Bertz CT molecular complexity index is 949. The molecule has 0 spiro atoms. The van der Waals surface area contributed by atoms with Gasteiger partial charge in [-0.3, -0.25) is 0 Å². The molecule has 0 aliphatic carbocycles. The molecule has 3 aromatic carbocycles. The second kappa shape index (κ2) is 10.3. The lowest BCUT2D eigenvalue weighted by atomic mass is 9.80. The molecule has 3 rings (SSSR count). The Morgan fingerprint density at radius 3 is 1.52 bits per heavy atom. The van der Waals surface area contributed by atoms with Crippen molar-refractivity contribution in [3.05, 3.63) is 108 Å². The summed E-state index contributed by atoms with van der Waals surface area (Å²) in [6.45, 7) is 4.85. The number of aliphatic carboxylic acids is 1. The predicted octanol–water partition coefficient (Wildman–Crippen LogP) is 4.97. The highest BCUT2D eigenvalue weighted by Crippen LogP contribution is 2.40. The van der Waals surface area contributed by atoms with Gasteiger partial charge in [0.25, 0.3) is 0 Å². The van der Waals surface area contributed by atoms with Gasteiger partial charge in [0.2, 0.25) is 0 Å². The third kappa shape index (κ3) is 5.99. The first-order valence-corrected chi connectivity index (χ1v) is 10.8. The second-order valence-electron chi connectivity index (χ2n) is 8.63. The highest BCUT2D eigenvalue weighted by atomic mass is 16.6. The van der Waals surface area contributed by atoms with E-state index < -0.39 is 29.3 Å². The smallest absolute Gasteiger partial charge is 0.408 e. The number of carbonyl (C=O) groups is 2. The summed E-state index contributed by atoms with van der Waals surface area (Å²) in [5.41, 5.74) is 0.666.